The molecule has 1 aliphatic heterocycles. The van der Waals surface area contributed by atoms with Crippen LogP contribution in [0.4, 0.5) is 0 Å². The monoisotopic (exact) mass is 193 g/mol. The van der Waals surface area contributed by atoms with Gasteiger partial charge in [-0.3, -0.25) is 0 Å². The highest BCUT2D eigenvalue weighted by atomic mass is 35.5. The molecule has 11 heavy (non-hydrogen) atoms. The van der Waals surface area contributed by atoms with Crippen molar-refractivity contribution in [2.75, 3.05) is 7.11 Å². The molecule has 0 aromatic rings. The van der Waals surface area contributed by atoms with Gasteiger partial charge in [0.05, 0.1) is 12.8 Å². The number of halogens is 1. The average Bonchev–Trinajstić information content (AvgIpc) is 2.30. The number of methoxy groups -OCH3 is 1. The number of ether oxygens (including phenoxy) is 1. The SMILES string of the molecule is COC1=CS(=C=O)C=C1N.Cl. The summed E-state index contributed by atoms with van der Waals surface area (Å²) in [5, 5.41) is 5.11. The van der Waals surface area contributed by atoms with E-state index in [0.717, 1.165) is 0 Å². The molecule has 1 heterocycles. The lowest BCUT2D eigenvalue weighted by Gasteiger charge is -1.97. The third kappa shape index (κ3) is 2.12. The van der Waals surface area contributed by atoms with E-state index in [1.54, 1.807) is 10.8 Å². The summed E-state index contributed by atoms with van der Waals surface area (Å²) in [6.07, 6.45) is 0. The van der Waals surface area contributed by atoms with E-state index >= 15 is 0 Å². The Labute approximate surface area is 73.2 Å². The molecule has 0 spiro atoms. The fraction of sp³-hybridized carbons (Fsp3) is 0.167. The molecule has 0 radical (unpaired) electrons. The largest absolute Gasteiger partial charge is 0.494 e. The molecule has 2 N–H and O–H groups in total. The van der Waals surface area contributed by atoms with Crippen molar-refractivity contribution in [3.63, 3.8) is 0 Å². The van der Waals surface area contributed by atoms with E-state index in [4.69, 9.17) is 10.5 Å². The van der Waals surface area contributed by atoms with Crippen molar-refractivity contribution in [2.45, 2.75) is 0 Å². The Bertz CT molecular complexity index is 266. The van der Waals surface area contributed by atoms with Gasteiger partial charge in [0.1, 0.15) is 5.76 Å². The van der Waals surface area contributed by atoms with Gasteiger partial charge < -0.3 is 10.5 Å². The molecule has 1 aliphatic rings. The number of hydrogen-bond donors (Lipinski definition) is 1. The topological polar surface area (TPSA) is 52.3 Å². The second kappa shape index (κ2) is 4.23. The molecule has 0 aromatic carbocycles. The van der Waals surface area contributed by atoms with Gasteiger partial charge >= 0.3 is 0 Å². The van der Waals surface area contributed by atoms with Crippen LogP contribution in [0.3, 0.4) is 0 Å². The zero-order valence-corrected chi connectivity index (χ0v) is 7.50. The number of carbonyl (C=O) groups excluding carboxylic acids is 1. The summed E-state index contributed by atoms with van der Waals surface area (Å²) in [4.78, 5) is 10.1. The molecule has 0 bridgehead atoms. The summed E-state index contributed by atoms with van der Waals surface area (Å²) in [5.74, 6) is 0.576. The number of nitrogens with two attached hydrogens (primary N) is 1. The minimum atomic E-state index is -0.574. The summed E-state index contributed by atoms with van der Waals surface area (Å²) in [6.45, 7) is 0. The zero-order chi connectivity index (χ0) is 7.56. The van der Waals surface area contributed by atoms with Crippen molar-refractivity contribution in [3.8, 4) is 0 Å². The predicted molar refractivity (Wildman–Crippen MR) is 47.9 cm³/mol. The molecular formula is C6H8ClNO2S. The van der Waals surface area contributed by atoms with Gasteiger partial charge in [0, 0.05) is 10.8 Å². The minimum absolute atomic E-state index is 0. The first kappa shape index (κ1) is 10.3. The van der Waals surface area contributed by atoms with E-state index < -0.39 is 10.5 Å². The lowest BCUT2D eigenvalue weighted by Crippen LogP contribution is -1.98. The van der Waals surface area contributed by atoms with E-state index in [1.807, 2.05) is 5.23 Å². The molecule has 1 unspecified atom stereocenters. The first-order valence-electron chi connectivity index (χ1n) is 2.61. The molecule has 0 amide bonds. The third-order valence-electron chi connectivity index (χ3n) is 1.09. The molecule has 62 valence electrons. The molecule has 0 saturated carbocycles. The molecule has 0 saturated heterocycles. The Balaban J connectivity index is 0.000001000. The van der Waals surface area contributed by atoms with Crippen molar-refractivity contribution < 1.29 is 9.53 Å². The van der Waals surface area contributed by atoms with Crippen LogP contribution in [-0.4, -0.2) is 12.3 Å². The van der Waals surface area contributed by atoms with Gasteiger partial charge in [-0.25, -0.2) is 4.79 Å². The molecule has 1 rings (SSSR count). The second-order valence-electron chi connectivity index (χ2n) is 1.71. The summed E-state index contributed by atoms with van der Waals surface area (Å²) in [7, 11) is 0.944. The summed E-state index contributed by atoms with van der Waals surface area (Å²) in [6, 6.07) is 0. The first-order chi connectivity index (χ1) is 4.77. The van der Waals surface area contributed by atoms with Crippen LogP contribution in [0.2, 0.25) is 0 Å². The maximum Gasteiger partial charge on any atom is 0.164 e. The zero-order valence-electron chi connectivity index (χ0n) is 5.87. The van der Waals surface area contributed by atoms with E-state index in [1.165, 1.54) is 7.11 Å². The van der Waals surface area contributed by atoms with Gasteiger partial charge in [0.2, 0.25) is 0 Å². The maximum absolute atomic E-state index is 10.1. The van der Waals surface area contributed by atoms with Gasteiger partial charge in [-0.1, -0.05) is 0 Å². The van der Waals surface area contributed by atoms with Gasteiger partial charge in [0.15, 0.2) is 5.23 Å². The van der Waals surface area contributed by atoms with Crippen LogP contribution in [0.25, 0.3) is 0 Å². The standard InChI is InChI=1S/C6H7NO2S.ClH/c1-9-6-3-10(4-8)2-5(6)7;/h2-3H,7H2,1H3;1H. The summed E-state index contributed by atoms with van der Waals surface area (Å²) >= 11 is 0. The Morgan fingerprint density at radius 1 is 1.64 bits per heavy atom. The molecule has 0 aromatic heterocycles. The highest BCUT2D eigenvalue weighted by Gasteiger charge is 2.08. The van der Waals surface area contributed by atoms with Crippen LogP contribution in [-0.2, 0) is 9.53 Å². The number of rotatable bonds is 1. The van der Waals surface area contributed by atoms with Crippen LogP contribution >= 0.6 is 22.9 Å². The molecule has 1 atom stereocenters. The predicted octanol–water partition coefficient (Wildman–Crippen LogP) is 1.05. The number of hydrogen-bond acceptors (Lipinski definition) is 3. The molecule has 5 heteroatoms. The quantitative estimate of drug-likeness (QED) is 0.634. The average molecular weight is 194 g/mol. The summed E-state index contributed by atoms with van der Waals surface area (Å²) < 4.78 is 4.85. The molecular weight excluding hydrogens is 186 g/mol. The Hall–Kier alpha value is -0.700. The van der Waals surface area contributed by atoms with Crippen LogP contribution in [0.1, 0.15) is 0 Å². The summed E-state index contributed by atoms with van der Waals surface area (Å²) in [5.41, 5.74) is 5.97. The van der Waals surface area contributed by atoms with Crippen molar-refractivity contribution in [2.24, 2.45) is 5.73 Å². The highest BCUT2D eigenvalue weighted by Crippen LogP contribution is 2.28. The molecule has 0 fully saturated rings. The van der Waals surface area contributed by atoms with Crippen LogP contribution in [0, 0.1) is 0 Å². The fourth-order valence-corrected chi connectivity index (χ4v) is 1.64. The Kier molecular flexibility index (Phi) is 3.97. The van der Waals surface area contributed by atoms with E-state index in [-0.39, 0.29) is 12.4 Å². The molecule has 0 aliphatic carbocycles. The van der Waals surface area contributed by atoms with Crippen molar-refractivity contribution in [3.05, 3.63) is 22.3 Å². The van der Waals surface area contributed by atoms with Crippen LogP contribution < -0.4 is 5.73 Å². The van der Waals surface area contributed by atoms with E-state index in [2.05, 4.69) is 0 Å². The van der Waals surface area contributed by atoms with Crippen LogP contribution in [0.15, 0.2) is 22.3 Å². The maximum atomic E-state index is 10.1. The Morgan fingerprint density at radius 2 is 2.27 bits per heavy atom. The van der Waals surface area contributed by atoms with Gasteiger partial charge in [-0.05, 0) is 10.5 Å². The molecule has 3 nitrogen and oxygen atoms in total. The van der Waals surface area contributed by atoms with E-state index in [9.17, 15) is 4.79 Å². The minimum Gasteiger partial charge on any atom is -0.494 e. The second-order valence-corrected chi connectivity index (χ2v) is 3.10. The highest BCUT2D eigenvalue weighted by molar-refractivity contribution is 8.19. The lowest BCUT2D eigenvalue weighted by atomic mass is 10.4. The normalized spacial score (nSPS) is 21.0. The van der Waals surface area contributed by atoms with E-state index in [0.29, 0.717) is 11.5 Å². The van der Waals surface area contributed by atoms with Gasteiger partial charge in [-0.15, -0.1) is 12.4 Å². The van der Waals surface area contributed by atoms with Gasteiger partial charge in [0.25, 0.3) is 0 Å². The van der Waals surface area contributed by atoms with Crippen molar-refractivity contribution >= 4 is 28.1 Å². The van der Waals surface area contributed by atoms with Crippen LogP contribution in [0.5, 0.6) is 0 Å². The van der Waals surface area contributed by atoms with Gasteiger partial charge in [-0.2, -0.15) is 0 Å². The van der Waals surface area contributed by atoms with Crippen molar-refractivity contribution in [1.29, 1.82) is 0 Å². The third-order valence-corrected chi connectivity index (χ3v) is 2.26. The lowest BCUT2D eigenvalue weighted by molar-refractivity contribution is 0.302. The first-order valence-corrected chi connectivity index (χ1v) is 3.96. The van der Waals surface area contributed by atoms with Crippen molar-refractivity contribution in [1.82, 2.24) is 0 Å². The fourth-order valence-electron chi connectivity index (χ4n) is 0.626. The Morgan fingerprint density at radius 3 is 2.55 bits per heavy atom. The smallest absolute Gasteiger partial charge is 0.164 e.